The van der Waals surface area contributed by atoms with Crippen molar-refractivity contribution < 1.29 is 35.9 Å². The average Bonchev–Trinajstić information content (AvgIpc) is 2.66. The zero-order valence-corrected chi connectivity index (χ0v) is 16.7. The number of carbonyl (C=O) groups is 1. The predicted octanol–water partition coefficient (Wildman–Crippen LogP) is 3.29. The molecular formula is C17H16ClF3N2O5S. The van der Waals surface area contributed by atoms with Gasteiger partial charge in [-0.15, -0.1) is 0 Å². The van der Waals surface area contributed by atoms with Crippen molar-refractivity contribution in [3.63, 3.8) is 0 Å². The van der Waals surface area contributed by atoms with Gasteiger partial charge >= 0.3 is 6.18 Å². The van der Waals surface area contributed by atoms with Crippen molar-refractivity contribution in [2.75, 3.05) is 26.1 Å². The number of alkyl halides is 3. The van der Waals surface area contributed by atoms with Crippen molar-refractivity contribution in [3.05, 3.63) is 47.0 Å². The van der Waals surface area contributed by atoms with Gasteiger partial charge in [0.1, 0.15) is 0 Å². The lowest BCUT2D eigenvalue weighted by molar-refractivity contribution is -0.137. The van der Waals surface area contributed by atoms with E-state index in [2.05, 4.69) is 5.32 Å². The second-order valence-corrected chi connectivity index (χ2v) is 7.76. The fourth-order valence-corrected chi connectivity index (χ4v) is 3.38. The van der Waals surface area contributed by atoms with Crippen LogP contribution in [-0.2, 0) is 21.0 Å². The number of methoxy groups -OCH3 is 2. The lowest BCUT2D eigenvalue weighted by atomic mass is 10.2. The second kappa shape index (κ2) is 8.89. The third-order valence-electron chi connectivity index (χ3n) is 3.66. The van der Waals surface area contributed by atoms with E-state index >= 15 is 0 Å². The van der Waals surface area contributed by atoms with Crippen LogP contribution in [0.25, 0.3) is 0 Å². The smallest absolute Gasteiger partial charge is 0.416 e. The Labute approximate surface area is 169 Å². The second-order valence-electron chi connectivity index (χ2n) is 5.58. The fraction of sp³-hybridized carbons (Fsp3) is 0.235. The van der Waals surface area contributed by atoms with Crippen LogP contribution < -0.4 is 19.5 Å². The normalized spacial score (nSPS) is 11.8. The first-order valence-electron chi connectivity index (χ1n) is 7.86. The van der Waals surface area contributed by atoms with Crippen molar-refractivity contribution in [3.8, 4) is 11.5 Å². The van der Waals surface area contributed by atoms with Crippen LogP contribution in [0, 0.1) is 0 Å². The van der Waals surface area contributed by atoms with E-state index in [0.29, 0.717) is 11.8 Å². The molecule has 12 heteroatoms. The van der Waals surface area contributed by atoms with Gasteiger partial charge in [-0.1, -0.05) is 11.6 Å². The van der Waals surface area contributed by atoms with Crippen LogP contribution in [0.2, 0.25) is 5.02 Å². The molecule has 0 spiro atoms. The number of benzene rings is 2. The Bertz CT molecular complexity index is 1010. The summed E-state index contributed by atoms with van der Waals surface area (Å²) in [6.07, 6.45) is -4.63. The molecule has 0 atom stereocenters. The average molecular weight is 453 g/mol. The highest BCUT2D eigenvalue weighted by Gasteiger charge is 2.31. The first-order chi connectivity index (χ1) is 13.5. The van der Waals surface area contributed by atoms with E-state index in [9.17, 15) is 26.4 Å². The highest BCUT2D eigenvalue weighted by molar-refractivity contribution is 7.89. The molecule has 0 saturated heterocycles. The lowest BCUT2D eigenvalue weighted by Gasteiger charge is -2.13. The molecule has 2 aromatic rings. The van der Waals surface area contributed by atoms with E-state index in [0.717, 1.165) is 12.1 Å². The first kappa shape index (κ1) is 22.8. The molecule has 7 nitrogen and oxygen atoms in total. The third-order valence-corrected chi connectivity index (χ3v) is 5.38. The van der Waals surface area contributed by atoms with Crippen LogP contribution in [0.3, 0.4) is 0 Å². The summed E-state index contributed by atoms with van der Waals surface area (Å²) in [6, 6.07) is 6.21. The molecule has 2 aromatic carbocycles. The number of hydrogen-bond donors (Lipinski definition) is 2. The van der Waals surface area contributed by atoms with E-state index in [1.807, 2.05) is 4.72 Å². The molecule has 2 rings (SSSR count). The van der Waals surface area contributed by atoms with Crippen molar-refractivity contribution in [1.29, 1.82) is 0 Å². The molecule has 0 aliphatic carbocycles. The summed E-state index contributed by atoms with van der Waals surface area (Å²) in [6.45, 7) is -0.733. The number of ether oxygens (including phenoxy) is 2. The van der Waals surface area contributed by atoms with E-state index in [1.165, 1.54) is 32.4 Å². The number of sulfonamides is 1. The number of rotatable bonds is 7. The van der Waals surface area contributed by atoms with E-state index in [1.54, 1.807) is 0 Å². The van der Waals surface area contributed by atoms with Crippen LogP contribution in [-0.4, -0.2) is 35.1 Å². The Morgan fingerprint density at radius 1 is 1.07 bits per heavy atom. The molecule has 0 bridgehead atoms. The summed E-state index contributed by atoms with van der Waals surface area (Å²) in [5.74, 6) is -0.436. The summed E-state index contributed by atoms with van der Waals surface area (Å²) in [5, 5.41) is 2.01. The largest absolute Gasteiger partial charge is 0.493 e. The Balaban J connectivity index is 2.11. The number of amides is 1. The highest BCUT2D eigenvalue weighted by atomic mass is 35.5. The van der Waals surface area contributed by atoms with Gasteiger partial charge < -0.3 is 14.8 Å². The minimum Gasteiger partial charge on any atom is -0.493 e. The van der Waals surface area contributed by atoms with Crippen molar-refractivity contribution in [1.82, 2.24) is 4.72 Å². The fourth-order valence-electron chi connectivity index (χ4n) is 2.22. The van der Waals surface area contributed by atoms with Gasteiger partial charge in [0.15, 0.2) is 11.5 Å². The Morgan fingerprint density at radius 2 is 1.72 bits per heavy atom. The van der Waals surface area contributed by atoms with Crippen molar-refractivity contribution in [2.45, 2.75) is 11.1 Å². The summed E-state index contributed by atoms with van der Waals surface area (Å²) in [5.41, 5.74) is -1.31. The molecular weight excluding hydrogens is 437 g/mol. The standard InChI is InChI=1S/C17H16ClF3N2O5S/c1-27-14-6-4-11(8-15(14)28-2)29(25,26)22-9-16(24)23-13-7-10(17(19,20)21)3-5-12(13)18/h3-8,22H,9H2,1-2H3,(H,23,24). The van der Waals surface area contributed by atoms with Crippen molar-refractivity contribution >= 4 is 33.2 Å². The van der Waals surface area contributed by atoms with Gasteiger partial charge in [0.05, 0.1) is 41.9 Å². The zero-order chi connectivity index (χ0) is 21.8. The Hall–Kier alpha value is -2.50. The molecule has 0 heterocycles. The molecule has 0 unspecified atom stereocenters. The quantitative estimate of drug-likeness (QED) is 0.672. The van der Waals surface area contributed by atoms with Gasteiger partial charge in [-0.25, -0.2) is 13.1 Å². The molecule has 0 fully saturated rings. The maximum Gasteiger partial charge on any atom is 0.416 e. The molecule has 29 heavy (non-hydrogen) atoms. The third kappa shape index (κ3) is 5.75. The maximum absolute atomic E-state index is 12.8. The Kier molecular flexibility index (Phi) is 6.98. The van der Waals surface area contributed by atoms with Gasteiger partial charge in [0, 0.05) is 6.07 Å². The van der Waals surface area contributed by atoms with Crippen LogP contribution in [0.1, 0.15) is 5.56 Å². The molecule has 0 aromatic heterocycles. The number of halogens is 4. The monoisotopic (exact) mass is 452 g/mol. The van der Waals surface area contributed by atoms with Gasteiger partial charge in [-0.2, -0.15) is 13.2 Å². The topological polar surface area (TPSA) is 93.7 Å². The molecule has 0 aliphatic rings. The minimum atomic E-state index is -4.63. The van der Waals surface area contributed by atoms with E-state index in [-0.39, 0.29) is 21.4 Å². The minimum absolute atomic E-state index is 0.130. The first-order valence-corrected chi connectivity index (χ1v) is 9.72. The highest BCUT2D eigenvalue weighted by Crippen LogP contribution is 2.34. The number of hydrogen-bond acceptors (Lipinski definition) is 5. The van der Waals surface area contributed by atoms with Crippen LogP contribution in [0.4, 0.5) is 18.9 Å². The summed E-state index contributed by atoms with van der Waals surface area (Å²) in [4.78, 5) is 11.8. The molecule has 2 N–H and O–H groups in total. The van der Waals surface area contributed by atoms with Gasteiger partial charge in [0.2, 0.25) is 15.9 Å². The van der Waals surface area contributed by atoms with Crippen molar-refractivity contribution in [2.24, 2.45) is 0 Å². The van der Waals surface area contributed by atoms with E-state index < -0.39 is 34.2 Å². The summed E-state index contributed by atoms with van der Waals surface area (Å²) < 4.78 is 75.1. The van der Waals surface area contributed by atoms with E-state index in [4.69, 9.17) is 21.1 Å². The molecule has 0 aliphatic heterocycles. The van der Waals surface area contributed by atoms with Crippen LogP contribution in [0.15, 0.2) is 41.3 Å². The van der Waals surface area contributed by atoms with Gasteiger partial charge in [0.25, 0.3) is 0 Å². The maximum atomic E-state index is 12.8. The summed E-state index contributed by atoms with van der Waals surface area (Å²) >= 11 is 5.79. The van der Waals surface area contributed by atoms with Crippen LogP contribution >= 0.6 is 11.6 Å². The molecule has 0 radical (unpaired) electrons. The van der Waals surface area contributed by atoms with Gasteiger partial charge in [-0.3, -0.25) is 4.79 Å². The Morgan fingerprint density at radius 3 is 2.31 bits per heavy atom. The van der Waals surface area contributed by atoms with Crippen LogP contribution in [0.5, 0.6) is 11.5 Å². The van der Waals surface area contributed by atoms with Gasteiger partial charge in [-0.05, 0) is 30.3 Å². The number of anilines is 1. The molecule has 158 valence electrons. The molecule has 1 amide bonds. The SMILES string of the molecule is COc1ccc(S(=O)(=O)NCC(=O)Nc2cc(C(F)(F)F)ccc2Cl)cc1OC. The number of carbonyl (C=O) groups excluding carboxylic acids is 1. The predicted molar refractivity (Wildman–Crippen MR) is 99.8 cm³/mol. The summed E-state index contributed by atoms with van der Waals surface area (Å²) in [7, 11) is -1.40. The zero-order valence-electron chi connectivity index (χ0n) is 15.1. The lowest BCUT2D eigenvalue weighted by Crippen LogP contribution is -2.33. The molecule has 0 saturated carbocycles. The number of nitrogens with one attached hydrogen (secondary N) is 2.